The molecular formula is C21H23N5O2. The van der Waals surface area contributed by atoms with Gasteiger partial charge >= 0.3 is 0 Å². The molecule has 1 fully saturated rings. The maximum atomic E-state index is 12.5. The van der Waals surface area contributed by atoms with E-state index in [0.717, 1.165) is 48.1 Å². The van der Waals surface area contributed by atoms with Crippen molar-refractivity contribution in [2.75, 3.05) is 10.6 Å². The van der Waals surface area contributed by atoms with E-state index in [1.54, 1.807) is 18.3 Å². The third-order valence-electron chi connectivity index (χ3n) is 4.85. The van der Waals surface area contributed by atoms with Crippen molar-refractivity contribution in [1.29, 1.82) is 0 Å². The first-order valence-electron chi connectivity index (χ1n) is 9.54. The Labute approximate surface area is 162 Å². The Morgan fingerprint density at radius 3 is 2.82 bits per heavy atom. The molecule has 1 saturated carbocycles. The van der Waals surface area contributed by atoms with Crippen molar-refractivity contribution in [1.82, 2.24) is 9.97 Å². The average molecular weight is 377 g/mol. The Bertz CT molecular complexity index is 1100. The van der Waals surface area contributed by atoms with Crippen molar-refractivity contribution in [2.45, 2.75) is 38.6 Å². The third kappa shape index (κ3) is 3.69. The highest BCUT2D eigenvalue weighted by atomic mass is 16.1. The van der Waals surface area contributed by atoms with E-state index in [4.69, 9.17) is 5.73 Å². The van der Waals surface area contributed by atoms with Crippen LogP contribution in [0.4, 0.5) is 17.3 Å². The van der Waals surface area contributed by atoms with Gasteiger partial charge in [0.05, 0.1) is 5.39 Å². The molecule has 144 valence electrons. The summed E-state index contributed by atoms with van der Waals surface area (Å²) < 4.78 is 0. The van der Waals surface area contributed by atoms with Crippen molar-refractivity contribution in [2.24, 2.45) is 5.73 Å². The van der Waals surface area contributed by atoms with Crippen LogP contribution in [0.15, 0.2) is 41.3 Å². The van der Waals surface area contributed by atoms with Crippen molar-refractivity contribution < 1.29 is 4.79 Å². The Morgan fingerprint density at radius 1 is 1.29 bits per heavy atom. The molecule has 4 rings (SSSR count). The third-order valence-corrected chi connectivity index (χ3v) is 4.85. The number of aromatic nitrogens is 2. The Morgan fingerprint density at radius 2 is 2.11 bits per heavy atom. The number of benzene rings is 1. The van der Waals surface area contributed by atoms with Gasteiger partial charge in [-0.25, -0.2) is 4.98 Å². The molecule has 2 heterocycles. The first kappa shape index (κ1) is 18.0. The second-order valence-corrected chi connectivity index (χ2v) is 7.16. The summed E-state index contributed by atoms with van der Waals surface area (Å²) in [6.45, 7) is 2.07. The topological polar surface area (TPSA) is 113 Å². The molecule has 1 aromatic carbocycles. The van der Waals surface area contributed by atoms with Gasteiger partial charge in [0.15, 0.2) is 0 Å². The molecule has 2 aromatic heterocycles. The minimum Gasteiger partial charge on any atom is -0.367 e. The van der Waals surface area contributed by atoms with E-state index >= 15 is 0 Å². The first-order valence-corrected chi connectivity index (χ1v) is 9.54. The van der Waals surface area contributed by atoms with Crippen LogP contribution in [0.25, 0.3) is 10.8 Å². The number of fused-ring (bicyclic) bond motifs is 1. The lowest BCUT2D eigenvalue weighted by Crippen LogP contribution is -2.13. The molecule has 0 radical (unpaired) electrons. The molecule has 7 heteroatoms. The number of hydrogen-bond acceptors (Lipinski definition) is 5. The fraction of sp³-hybridized carbons (Fsp3) is 0.286. The molecular weight excluding hydrogens is 354 g/mol. The molecule has 0 unspecified atom stereocenters. The molecule has 7 nitrogen and oxygen atoms in total. The van der Waals surface area contributed by atoms with E-state index in [-0.39, 0.29) is 5.56 Å². The van der Waals surface area contributed by atoms with Gasteiger partial charge in [0.1, 0.15) is 11.6 Å². The van der Waals surface area contributed by atoms with E-state index in [9.17, 15) is 9.59 Å². The van der Waals surface area contributed by atoms with Gasteiger partial charge in [0, 0.05) is 23.5 Å². The molecule has 0 bridgehead atoms. The monoisotopic (exact) mass is 377 g/mol. The van der Waals surface area contributed by atoms with Crippen LogP contribution in [-0.4, -0.2) is 21.9 Å². The number of nitrogens with two attached hydrogens (primary N) is 1. The summed E-state index contributed by atoms with van der Waals surface area (Å²) in [6.07, 6.45) is 5.59. The summed E-state index contributed by atoms with van der Waals surface area (Å²) in [6, 6.07) is 9.51. The number of anilines is 3. The molecule has 1 amide bonds. The van der Waals surface area contributed by atoms with E-state index < -0.39 is 5.91 Å². The van der Waals surface area contributed by atoms with Crippen LogP contribution in [0.1, 0.15) is 42.1 Å². The lowest BCUT2D eigenvalue weighted by molar-refractivity contribution is 0.1000. The van der Waals surface area contributed by atoms with Gasteiger partial charge in [-0.1, -0.05) is 13.3 Å². The number of aromatic amines is 1. The van der Waals surface area contributed by atoms with Crippen LogP contribution in [0.5, 0.6) is 0 Å². The second-order valence-electron chi connectivity index (χ2n) is 7.16. The molecule has 5 N–H and O–H groups in total. The summed E-state index contributed by atoms with van der Waals surface area (Å²) in [5.74, 6) is 0.778. The summed E-state index contributed by atoms with van der Waals surface area (Å²) >= 11 is 0. The molecule has 0 atom stereocenters. The largest absolute Gasteiger partial charge is 0.367 e. The molecule has 0 aliphatic heterocycles. The summed E-state index contributed by atoms with van der Waals surface area (Å²) in [5, 5.41) is 8.03. The van der Waals surface area contributed by atoms with Crippen molar-refractivity contribution in [3.05, 3.63) is 58.0 Å². The maximum Gasteiger partial charge on any atom is 0.259 e. The van der Waals surface area contributed by atoms with E-state index in [1.807, 2.05) is 18.2 Å². The number of nitrogens with one attached hydrogen (secondary N) is 3. The number of nitrogens with zero attached hydrogens (tertiary/aromatic N) is 1. The van der Waals surface area contributed by atoms with Crippen LogP contribution in [0, 0.1) is 0 Å². The van der Waals surface area contributed by atoms with Crippen molar-refractivity contribution in [3.63, 3.8) is 0 Å². The lowest BCUT2D eigenvalue weighted by atomic mass is 10.0. The summed E-state index contributed by atoms with van der Waals surface area (Å²) in [7, 11) is 0. The Balaban J connectivity index is 1.80. The van der Waals surface area contributed by atoms with E-state index in [1.165, 1.54) is 0 Å². The van der Waals surface area contributed by atoms with Crippen molar-refractivity contribution in [3.8, 4) is 0 Å². The number of H-pyrrole nitrogens is 1. The minimum atomic E-state index is -0.459. The van der Waals surface area contributed by atoms with Gasteiger partial charge < -0.3 is 21.4 Å². The first-order chi connectivity index (χ1) is 13.5. The second kappa shape index (κ2) is 7.34. The Kier molecular flexibility index (Phi) is 4.73. The molecule has 0 spiro atoms. The molecule has 3 aromatic rings. The summed E-state index contributed by atoms with van der Waals surface area (Å²) in [5.41, 5.74) is 7.46. The number of hydrogen-bond donors (Lipinski definition) is 4. The molecule has 28 heavy (non-hydrogen) atoms. The van der Waals surface area contributed by atoms with Gasteiger partial charge in [-0.05, 0) is 60.5 Å². The number of amides is 1. The highest BCUT2D eigenvalue weighted by Crippen LogP contribution is 2.30. The van der Waals surface area contributed by atoms with E-state index in [0.29, 0.717) is 22.8 Å². The number of carbonyl (C=O) groups is 1. The van der Waals surface area contributed by atoms with Gasteiger partial charge in [-0.3, -0.25) is 9.59 Å². The predicted octanol–water partition coefficient (Wildman–Crippen LogP) is 3.29. The van der Waals surface area contributed by atoms with Crippen LogP contribution < -0.4 is 21.9 Å². The Hall–Kier alpha value is -3.35. The molecule has 1 aliphatic carbocycles. The highest BCUT2D eigenvalue weighted by molar-refractivity contribution is 5.96. The standard InChI is InChI=1S/C21H23N5O2/c1-2-3-12-10-14(19(22)27)4-7-16(12)25-20-18-13(8-9-23-21(18)28)11-17(26-20)24-15-5-6-15/h4,7-11,15H,2-3,5-6H2,1H3,(H2,22,27)(H,23,28)(H2,24,25,26). The molecule has 0 saturated heterocycles. The SMILES string of the molecule is CCCc1cc(C(N)=O)ccc1Nc1nc(NC2CC2)cc2cc[nH]c(=O)c12. The smallest absolute Gasteiger partial charge is 0.259 e. The highest BCUT2D eigenvalue weighted by Gasteiger charge is 2.22. The van der Waals surface area contributed by atoms with Crippen LogP contribution in [0.2, 0.25) is 0 Å². The van der Waals surface area contributed by atoms with Crippen molar-refractivity contribution >= 4 is 34.0 Å². The number of pyridine rings is 2. The number of rotatable bonds is 7. The average Bonchev–Trinajstić information content (AvgIpc) is 3.47. The minimum absolute atomic E-state index is 0.198. The van der Waals surface area contributed by atoms with Gasteiger partial charge in [0.25, 0.3) is 5.56 Å². The zero-order chi connectivity index (χ0) is 19.7. The number of primary amides is 1. The molecule has 1 aliphatic rings. The quantitative estimate of drug-likeness (QED) is 0.505. The maximum absolute atomic E-state index is 12.5. The zero-order valence-corrected chi connectivity index (χ0v) is 15.7. The van der Waals surface area contributed by atoms with Gasteiger partial charge in [-0.15, -0.1) is 0 Å². The zero-order valence-electron chi connectivity index (χ0n) is 15.7. The predicted molar refractivity (Wildman–Crippen MR) is 111 cm³/mol. The number of aryl methyl sites for hydroxylation is 1. The van der Waals surface area contributed by atoms with Crippen LogP contribution >= 0.6 is 0 Å². The lowest BCUT2D eigenvalue weighted by Gasteiger charge is -2.15. The van der Waals surface area contributed by atoms with Gasteiger partial charge in [0.2, 0.25) is 5.91 Å². The van der Waals surface area contributed by atoms with Crippen LogP contribution in [-0.2, 0) is 6.42 Å². The fourth-order valence-corrected chi connectivity index (χ4v) is 3.29. The van der Waals surface area contributed by atoms with E-state index in [2.05, 4.69) is 27.5 Å². The fourth-order valence-electron chi connectivity index (χ4n) is 3.29. The van der Waals surface area contributed by atoms with Gasteiger partial charge in [-0.2, -0.15) is 0 Å². The summed E-state index contributed by atoms with van der Waals surface area (Å²) in [4.78, 5) is 31.4. The van der Waals surface area contributed by atoms with Crippen LogP contribution in [0.3, 0.4) is 0 Å². The number of carbonyl (C=O) groups excluding carboxylic acids is 1. The normalized spacial score (nSPS) is 13.5.